The standard InChI is InChI=1S/C14H25NO/c1-12(16)10-14-8-4-5-9-15(14)11-13-6-2-3-7-13/h13-14H,2-11H2,1H3. The second-order valence-electron chi connectivity index (χ2n) is 5.70. The molecule has 0 bridgehead atoms. The number of ketones is 1. The highest BCUT2D eigenvalue weighted by molar-refractivity contribution is 5.76. The van der Waals surface area contributed by atoms with Gasteiger partial charge in [-0.05, 0) is 45.1 Å². The molecule has 2 aliphatic rings. The van der Waals surface area contributed by atoms with Crippen LogP contribution < -0.4 is 0 Å². The fourth-order valence-electron chi connectivity index (χ4n) is 3.39. The predicted molar refractivity (Wildman–Crippen MR) is 66.5 cm³/mol. The lowest BCUT2D eigenvalue weighted by Gasteiger charge is -2.37. The topological polar surface area (TPSA) is 20.3 Å². The Kier molecular flexibility index (Phi) is 4.39. The highest BCUT2D eigenvalue weighted by Gasteiger charge is 2.26. The van der Waals surface area contributed by atoms with Gasteiger partial charge in [0.1, 0.15) is 5.78 Å². The van der Waals surface area contributed by atoms with Gasteiger partial charge in [0.05, 0.1) is 0 Å². The van der Waals surface area contributed by atoms with E-state index in [0.717, 1.165) is 12.3 Å². The maximum Gasteiger partial charge on any atom is 0.131 e. The van der Waals surface area contributed by atoms with Crippen molar-refractivity contribution < 1.29 is 4.79 Å². The normalized spacial score (nSPS) is 28.4. The van der Waals surface area contributed by atoms with Crippen LogP contribution in [-0.2, 0) is 4.79 Å². The summed E-state index contributed by atoms with van der Waals surface area (Å²) >= 11 is 0. The summed E-state index contributed by atoms with van der Waals surface area (Å²) in [7, 11) is 0. The second kappa shape index (κ2) is 5.81. The highest BCUT2D eigenvalue weighted by Crippen LogP contribution is 2.28. The first-order valence-corrected chi connectivity index (χ1v) is 6.99. The summed E-state index contributed by atoms with van der Waals surface area (Å²) in [6, 6.07) is 0.562. The number of carbonyl (C=O) groups is 1. The van der Waals surface area contributed by atoms with Crippen molar-refractivity contribution in [1.82, 2.24) is 4.90 Å². The van der Waals surface area contributed by atoms with E-state index < -0.39 is 0 Å². The third-order valence-corrected chi connectivity index (χ3v) is 4.24. The fourth-order valence-corrected chi connectivity index (χ4v) is 3.39. The Labute approximate surface area is 99.4 Å². The summed E-state index contributed by atoms with van der Waals surface area (Å²) in [6.07, 6.45) is 10.4. The molecule has 0 N–H and O–H groups in total. The van der Waals surface area contributed by atoms with Crippen LogP contribution in [0.25, 0.3) is 0 Å². The lowest BCUT2D eigenvalue weighted by atomic mass is 9.95. The van der Waals surface area contributed by atoms with Crippen molar-refractivity contribution in [1.29, 1.82) is 0 Å². The Balaban J connectivity index is 1.85. The number of rotatable bonds is 4. The molecule has 1 saturated heterocycles. The number of nitrogens with zero attached hydrogens (tertiary/aromatic N) is 1. The van der Waals surface area contributed by atoms with Crippen LogP contribution in [0, 0.1) is 5.92 Å². The number of Topliss-reactive ketones (excluding diaryl/α,β-unsaturated/α-hetero) is 1. The lowest BCUT2D eigenvalue weighted by Crippen LogP contribution is -2.42. The molecule has 0 aromatic carbocycles. The number of carbonyl (C=O) groups excluding carboxylic acids is 1. The largest absolute Gasteiger partial charge is 0.300 e. The van der Waals surface area contributed by atoms with Crippen molar-refractivity contribution in [2.75, 3.05) is 13.1 Å². The Morgan fingerprint density at radius 1 is 1.12 bits per heavy atom. The summed E-state index contributed by atoms with van der Waals surface area (Å²) in [5.74, 6) is 1.29. The van der Waals surface area contributed by atoms with Crippen LogP contribution in [0.15, 0.2) is 0 Å². The van der Waals surface area contributed by atoms with Gasteiger partial charge >= 0.3 is 0 Å². The van der Waals surface area contributed by atoms with Gasteiger partial charge in [0.25, 0.3) is 0 Å². The van der Waals surface area contributed by atoms with Gasteiger partial charge in [-0.2, -0.15) is 0 Å². The molecule has 2 nitrogen and oxygen atoms in total. The molecular weight excluding hydrogens is 198 g/mol. The van der Waals surface area contributed by atoms with Crippen molar-refractivity contribution >= 4 is 5.78 Å². The molecule has 1 saturated carbocycles. The van der Waals surface area contributed by atoms with Crippen molar-refractivity contribution in [3.8, 4) is 0 Å². The zero-order chi connectivity index (χ0) is 11.4. The summed E-state index contributed by atoms with van der Waals surface area (Å²) in [5.41, 5.74) is 0. The Bertz CT molecular complexity index is 233. The third-order valence-electron chi connectivity index (χ3n) is 4.24. The van der Waals surface area contributed by atoms with Gasteiger partial charge in [0, 0.05) is 19.0 Å². The van der Waals surface area contributed by atoms with E-state index >= 15 is 0 Å². The smallest absolute Gasteiger partial charge is 0.131 e. The summed E-state index contributed by atoms with van der Waals surface area (Å²) in [4.78, 5) is 13.9. The minimum absolute atomic E-state index is 0.364. The van der Waals surface area contributed by atoms with Crippen LogP contribution in [0.3, 0.4) is 0 Å². The molecule has 2 fully saturated rings. The summed E-state index contributed by atoms with van der Waals surface area (Å²) < 4.78 is 0. The Morgan fingerprint density at radius 3 is 2.50 bits per heavy atom. The van der Waals surface area contributed by atoms with E-state index in [1.807, 2.05) is 0 Å². The van der Waals surface area contributed by atoms with Crippen LogP contribution in [0.5, 0.6) is 0 Å². The first-order chi connectivity index (χ1) is 7.75. The van der Waals surface area contributed by atoms with Crippen molar-refractivity contribution in [2.45, 2.75) is 64.3 Å². The van der Waals surface area contributed by atoms with Gasteiger partial charge in [0.2, 0.25) is 0 Å². The lowest BCUT2D eigenvalue weighted by molar-refractivity contribution is -0.118. The van der Waals surface area contributed by atoms with Gasteiger partial charge in [-0.3, -0.25) is 9.69 Å². The third kappa shape index (κ3) is 3.31. The molecule has 1 aliphatic heterocycles. The number of likely N-dealkylation sites (tertiary alicyclic amines) is 1. The molecule has 1 aliphatic carbocycles. The van der Waals surface area contributed by atoms with Crippen LogP contribution in [0.4, 0.5) is 0 Å². The molecule has 2 rings (SSSR count). The maximum atomic E-state index is 11.3. The SMILES string of the molecule is CC(=O)CC1CCCCN1CC1CCCC1. The molecule has 1 atom stereocenters. The molecule has 0 aromatic heterocycles. The van der Waals surface area contributed by atoms with Gasteiger partial charge in [-0.15, -0.1) is 0 Å². The number of hydrogen-bond donors (Lipinski definition) is 0. The minimum Gasteiger partial charge on any atom is -0.300 e. The zero-order valence-corrected chi connectivity index (χ0v) is 10.6. The van der Waals surface area contributed by atoms with Gasteiger partial charge in [-0.25, -0.2) is 0 Å². The minimum atomic E-state index is 0.364. The van der Waals surface area contributed by atoms with Crippen LogP contribution in [-0.4, -0.2) is 29.8 Å². The highest BCUT2D eigenvalue weighted by atomic mass is 16.1. The van der Waals surface area contributed by atoms with Crippen LogP contribution in [0.2, 0.25) is 0 Å². The molecule has 0 aromatic rings. The second-order valence-corrected chi connectivity index (χ2v) is 5.70. The average Bonchev–Trinajstić information content (AvgIpc) is 2.73. The van der Waals surface area contributed by atoms with E-state index in [2.05, 4.69) is 4.90 Å². The number of piperidine rings is 1. The molecule has 0 radical (unpaired) electrons. The van der Waals surface area contributed by atoms with E-state index in [0.29, 0.717) is 11.8 Å². The van der Waals surface area contributed by atoms with E-state index in [1.54, 1.807) is 6.92 Å². The quantitative estimate of drug-likeness (QED) is 0.730. The Hall–Kier alpha value is -0.370. The van der Waals surface area contributed by atoms with Crippen LogP contribution >= 0.6 is 0 Å². The molecule has 2 heteroatoms. The monoisotopic (exact) mass is 223 g/mol. The molecular formula is C14H25NO. The fraction of sp³-hybridized carbons (Fsp3) is 0.929. The maximum absolute atomic E-state index is 11.3. The van der Waals surface area contributed by atoms with E-state index in [1.165, 1.54) is 58.0 Å². The molecule has 92 valence electrons. The average molecular weight is 223 g/mol. The van der Waals surface area contributed by atoms with Crippen molar-refractivity contribution in [3.05, 3.63) is 0 Å². The molecule has 1 heterocycles. The molecule has 1 unspecified atom stereocenters. The first kappa shape index (κ1) is 12.1. The van der Waals surface area contributed by atoms with E-state index in [9.17, 15) is 4.79 Å². The van der Waals surface area contributed by atoms with Crippen LogP contribution in [0.1, 0.15) is 58.3 Å². The predicted octanol–water partition coefficient (Wildman–Crippen LogP) is 3.01. The van der Waals surface area contributed by atoms with Gasteiger partial charge in [0.15, 0.2) is 0 Å². The molecule has 0 amide bonds. The summed E-state index contributed by atoms with van der Waals surface area (Å²) in [6.45, 7) is 4.23. The van der Waals surface area contributed by atoms with E-state index in [4.69, 9.17) is 0 Å². The zero-order valence-electron chi connectivity index (χ0n) is 10.6. The Morgan fingerprint density at radius 2 is 1.81 bits per heavy atom. The number of hydrogen-bond acceptors (Lipinski definition) is 2. The summed E-state index contributed by atoms with van der Waals surface area (Å²) in [5, 5.41) is 0. The van der Waals surface area contributed by atoms with E-state index in [-0.39, 0.29) is 0 Å². The molecule has 0 spiro atoms. The van der Waals surface area contributed by atoms with Crippen molar-refractivity contribution in [2.24, 2.45) is 5.92 Å². The van der Waals surface area contributed by atoms with Gasteiger partial charge in [-0.1, -0.05) is 19.3 Å². The first-order valence-electron chi connectivity index (χ1n) is 6.99. The molecule has 16 heavy (non-hydrogen) atoms. The van der Waals surface area contributed by atoms with Crippen molar-refractivity contribution in [3.63, 3.8) is 0 Å². The van der Waals surface area contributed by atoms with Gasteiger partial charge < -0.3 is 0 Å².